The van der Waals surface area contributed by atoms with Gasteiger partial charge in [0.1, 0.15) is 0 Å². The van der Waals surface area contributed by atoms with Gasteiger partial charge in [0.15, 0.2) is 0 Å². The maximum Gasteiger partial charge on any atom is 0.223 e. The van der Waals surface area contributed by atoms with Crippen LogP contribution in [0, 0.1) is 13.8 Å². The first-order chi connectivity index (χ1) is 5.72. The lowest BCUT2D eigenvalue weighted by molar-refractivity contribution is 1.02. The van der Waals surface area contributed by atoms with Crippen LogP contribution in [0.4, 0.5) is 5.95 Å². The summed E-state index contributed by atoms with van der Waals surface area (Å²) in [7, 11) is 0. The second-order valence-electron chi connectivity index (χ2n) is 2.62. The zero-order chi connectivity index (χ0) is 8.97. The predicted molar refractivity (Wildman–Crippen MR) is 53.8 cm³/mol. The fourth-order valence-corrected chi connectivity index (χ4v) is 1.08. The van der Waals surface area contributed by atoms with Crippen LogP contribution in [0.2, 0.25) is 0 Å². The van der Waals surface area contributed by atoms with Crippen molar-refractivity contribution in [3.8, 4) is 0 Å². The number of aromatic nitrogens is 2. The Bertz CT molecular complexity index is 242. The Morgan fingerprint density at radius 2 is 1.92 bits per heavy atom. The summed E-state index contributed by atoms with van der Waals surface area (Å²) in [6, 6.07) is 1.95. The van der Waals surface area contributed by atoms with Crippen LogP contribution in [-0.2, 0) is 0 Å². The second-order valence-corrected chi connectivity index (χ2v) is 3.07. The molecule has 66 valence electrons. The molecule has 0 fully saturated rings. The molecule has 1 aromatic heterocycles. The highest BCUT2D eigenvalue weighted by atomic mass is 32.1. The summed E-state index contributed by atoms with van der Waals surface area (Å²) in [5.74, 6) is 1.48. The van der Waals surface area contributed by atoms with Gasteiger partial charge in [-0.2, -0.15) is 12.6 Å². The van der Waals surface area contributed by atoms with Gasteiger partial charge < -0.3 is 5.32 Å². The topological polar surface area (TPSA) is 37.8 Å². The SMILES string of the molecule is Cc1cc(C)nc(NCCS)n1. The van der Waals surface area contributed by atoms with E-state index >= 15 is 0 Å². The summed E-state index contributed by atoms with van der Waals surface area (Å²) in [5, 5.41) is 3.08. The van der Waals surface area contributed by atoms with Gasteiger partial charge in [-0.05, 0) is 19.9 Å². The Labute approximate surface area is 78.0 Å². The fraction of sp³-hybridized carbons (Fsp3) is 0.500. The standard InChI is InChI=1S/C8H13N3S/c1-6-5-7(2)11-8(10-6)9-3-4-12/h5,12H,3-4H2,1-2H3,(H,9,10,11). The maximum atomic E-state index is 4.22. The molecule has 1 rings (SSSR count). The van der Waals surface area contributed by atoms with Crippen molar-refractivity contribution in [3.05, 3.63) is 17.5 Å². The first-order valence-electron chi connectivity index (χ1n) is 3.89. The summed E-state index contributed by atoms with van der Waals surface area (Å²) in [5.41, 5.74) is 1.98. The van der Waals surface area contributed by atoms with Gasteiger partial charge in [-0.25, -0.2) is 9.97 Å². The Morgan fingerprint density at radius 3 is 2.42 bits per heavy atom. The average molecular weight is 183 g/mol. The van der Waals surface area contributed by atoms with Crippen LogP contribution in [0.3, 0.4) is 0 Å². The lowest BCUT2D eigenvalue weighted by Crippen LogP contribution is -2.07. The molecule has 0 spiro atoms. The van der Waals surface area contributed by atoms with Crippen LogP contribution in [0.5, 0.6) is 0 Å². The van der Waals surface area contributed by atoms with Crippen molar-refractivity contribution in [2.45, 2.75) is 13.8 Å². The van der Waals surface area contributed by atoms with Crippen molar-refractivity contribution in [1.29, 1.82) is 0 Å². The van der Waals surface area contributed by atoms with Crippen molar-refractivity contribution < 1.29 is 0 Å². The smallest absolute Gasteiger partial charge is 0.223 e. The number of hydrogen-bond donors (Lipinski definition) is 2. The van der Waals surface area contributed by atoms with Gasteiger partial charge >= 0.3 is 0 Å². The van der Waals surface area contributed by atoms with Gasteiger partial charge in [0.2, 0.25) is 5.95 Å². The molecule has 0 radical (unpaired) electrons. The van der Waals surface area contributed by atoms with Gasteiger partial charge in [0.05, 0.1) is 0 Å². The average Bonchev–Trinajstić information content (AvgIpc) is 1.99. The van der Waals surface area contributed by atoms with Crippen LogP contribution < -0.4 is 5.32 Å². The molecule has 1 aromatic rings. The lowest BCUT2D eigenvalue weighted by Gasteiger charge is -2.03. The Balaban J connectivity index is 2.72. The predicted octanol–water partition coefficient (Wildman–Crippen LogP) is 1.44. The number of hydrogen-bond acceptors (Lipinski definition) is 4. The summed E-state index contributed by atoms with van der Waals surface area (Å²) < 4.78 is 0. The molecule has 12 heavy (non-hydrogen) atoms. The third-order valence-electron chi connectivity index (χ3n) is 1.38. The molecule has 0 saturated heterocycles. The lowest BCUT2D eigenvalue weighted by atomic mass is 10.4. The largest absolute Gasteiger partial charge is 0.353 e. The number of anilines is 1. The van der Waals surface area contributed by atoms with E-state index in [1.54, 1.807) is 0 Å². The number of nitrogens with one attached hydrogen (secondary N) is 1. The van der Waals surface area contributed by atoms with Gasteiger partial charge in [0, 0.05) is 23.7 Å². The quantitative estimate of drug-likeness (QED) is 0.696. The van der Waals surface area contributed by atoms with E-state index in [1.807, 2.05) is 19.9 Å². The molecule has 0 aliphatic heterocycles. The summed E-state index contributed by atoms with van der Waals surface area (Å²) >= 11 is 4.08. The Morgan fingerprint density at radius 1 is 1.33 bits per heavy atom. The third-order valence-corrected chi connectivity index (χ3v) is 1.60. The highest BCUT2D eigenvalue weighted by molar-refractivity contribution is 7.80. The molecule has 0 aliphatic carbocycles. The Hall–Kier alpha value is -0.770. The Kier molecular flexibility index (Phi) is 3.34. The fourth-order valence-electron chi connectivity index (χ4n) is 0.973. The molecule has 3 nitrogen and oxygen atoms in total. The van der Waals surface area contributed by atoms with E-state index < -0.39 is 0 Å². The molecular weight excluding hydrogens is 170 g/mol. The van der Waals surface area contributed by atoms with Gasteiger partial charge in [-0.15, -0.1) is 0 Å². The van der Waals surface area contributed by atoms with Crippen molar-refractivity contribution >= 4 is 18.6 Å². The highest BCUT2D eigenvalue weighted by Crippen LogP contribution is 2.02. The first-order valence-corrected chi connectivity index (χ1v) is 4.52. The number of aryl methyl sites for hydroxylation is 2. The van der Waals surface area contributed by atoms with E-state index in [-0.39, 0.29) is 0 Å². The number of nitrogens with zero attached hydrogens (tertiary/aromatic N) is 2. The molecule has 0 aliphatic rings. The minimum absolute atomic E-state index is 0.696. The normalized spacial score (nSPS) is 9.92. The van der Waals surface area contributed by atoms with Crippen molar-refractivity contribution in [2.24, 2.45) is 0 Å². The van der Waals surface area contributed by atoms with Gasteiger partial charge in [0.25, 0.3) is 0 Å². The van der Waals surface area contributed by atoms with Crippen LogP contribution in [0.15, 0.2) is 6.07 Å². The number of thiol groups is 1. The van der Waals surface area contributed by atoms with Gasteiger partial charge in [-0.3, -0.25) is 0 Å². The molecule has 0 saturated carbocycles. The molecule has 0 atom stereocenters. The zero-order valence-electron chi connectivity index (χ0n) is 7.33. The van der Waals surface area contributed by atoms with Crippen molar-refractivity contribution in [3.63, 3.8) is 0 Å². The molecule has 0 bridgehead atoms. The van der Waals surface area contributed by atoms with Crippen LogP contribution in [0.25, 0.3) is 0 Å². The van der Waals surface area contributed by atoms with Crippen LogP contribution >= 0.6 is 12.6 Å². The van der Waals surface area contributed by atoms with E-state index in [9.17, 15) is 0 Å². The summed E-state index contributed by atoms with van der Waals surface area (Å²) in [6.45, 7) is 4.72. The van der Waals surface area contributed by atoms with Crippen molar-refractivity contribution in [1.82, 2.24) is 9.97 Å². The molecule has 0 amide bonds. The van der Waals surface area contributed by atoms with E-state index in [0.717, 1.165) is 23.7 Å². The first kappa shape index (κ1) is 9.32. The van der Waals surface area contributed by atoms with E-state index in [0.29, 0.717) is 5.95 Å². The van der Waals surface area contributed by atoms with Crippen LogP contribution in [0.1, 0.15) is 11.4 Å². The minimum Gasteiger partial charge on any atom is -0.353 e. The summed E-state index contributed by atoms with van der Waals surface area (Å²) in [6.07, 6.45) is 0. The molecular formula is C8H13N3S. The summed E-state index contributed by atoms with van der Waals surface area (Å²) in [4.78, 5) is 8.43. The zero-order valence-corrected chi connectivity index (χ0v) is 8.23. The maximum absolute atomic E-state index is 4.22. The molecule has 4 heteroatoms. The third kappa shape index (κ3) is 2.70. The number of rotatable bonds is 3. The van der Waals surface area contributed by atoms with Crippen molar-refractivity contribution in [2.75, 3.05) is 17.6 Å². The van der Waals surface area contributed by atoms with Gasteiger partial charge in [-0.1, -0.05) is 0 Å². The second kappa shape index (κ2) is 4.30. The monoisotopic (exact) mass is 183 g/mol. The van der Waals surface area contributed by atoms with E-state index in [2.05, 4.69) is 27.9 Å². The van der Waals surface area contributed by atoms with Crippen LogP contribution in [-0.4, -0.2) is 22.3 Å². The molecule has 0 unspecified atom stereocenters. The van der Waals surface area contributed by atoms with E-state index in [4.69, 9.17) is 0 Å². The minimum atomic E-state index is 0.696. The van der Waals surface area contributed by atoms with E-state index in [1.165, 1.54) is 0 Å². The molecule has 1 N–H and O–H groups in total. The highest BCUT2D eigenvalue weighted by Gasteiger charge is 1.96. The molecule has 1 heterocycles. The molecule has 0 aromatic carbocycles.